The number of halogens is 2. The van der Waals surface area contributed by atoms with Gasteiger partial charge in [0.2, 0.25) is 0 Å². The van der Waals surface area contributed by atoms with Crippen LogP contribution >= 0.6 is 11.6 Å². The van der Waals surface area contributed by atoms with E-state index in [2.05, 4.69) is 31.8 Å². The molecule has 8 nitrogen and oxygen atoms in total. The molecule has 10 heteroatoms. The van der Waals surface area contributed by atoms with Crippen LogP contribution < -0.4 is 15.8 Å². The maximum Gasteiger partial charge on any atom is 0.267 e. The molecule has 1 atom stereocenters. The zero-order valence-corrected chi connectivity index (χ0v) is 21.2. The predicted octanol–water partition coefficient (Wildman–Crippen LogP) is 5.57. The monoisotopic (exact) mass is 517 g/mol. The van der Waals surface area contributed by atoms with E-state index in [1.54, 1.807) is 36.7 Å². The van der Waals surface area contributed by atoms with E-state index in [-0.39, 0.29) is 17.0 Å². The minimum atomic E-state index is -0.451. The number of fused-ring (bicyclic) bond motifs is 2. The number of nitrogens with one attached hydrogen (secondary N) is 1. The van der Waals surface area contributed by atoms with Crippen molar-refractivity contribution in [1.82, 2.24) is 24.8 Å². The number of benzene rings is 2. The van der Waals surface area contributed by atoms with Crippen LogP contribution in [0.4, 0.5) is 16.0 Å². The summed E-state index contributed by atoms with van der Waals surface area (Å²) in [6.07, 6.45) is 4.57. The van der Waals surface area contributed by atoms with E-state index in [1.807, 2.05) is 13.8 Å². The van der Waals surface area contributed by atoms with Crippen molar-refractivity contribution < 1.29 is 4.39 Å². The molecule has 4 heterocycles. The third kappa shape index (κ3) is 4.25. The van der Waals surface area contributed by atoms with Crippen LogP contribution in [0.5, 0.6) is 0 Å². The Kier molecular flexibility index (Phi) is 6.71. The highest BCUT2D eigenvalue weighted by molar-refractivity contribution is 6.35. The van der Waals surface area contributed by atoms with Crippen molar-refractivity contribution in [3.05, 3.63) is 88.0 Å². The smallest absolute Gasteiger partial charge is 0.267 e. The topological polar surface area (TPSA) is 88.3 Å². The fraction of sp³-hybridized carbons (Fsp3) is 0.222. The summed E-state index contributed by atoms with van der Waals surface area (Å²) in [5.74, 6) is 1.20. The molecular weight excluding hydrogens is 493 g/mol. The molecule has 0 amide bonds. The van der Waals surface area contributed by atoms with Crippen LogP contribution in [0.3, 0.4) is 0 Å². The van der Waals surface area contributed by atoms with E-state index in [9.17, 15) is 9.18 Å². The quantitative estimate of drug-likeness (QED) is 0.382. The van der Waals surface area contributed by atoms with E-state index in [0.717, 1.165) is 12.8 Å². The van der Waals surface area contributed by atoms with Gasteiger partial charge in [0.15, 0.2) is 5.82 Å². The van der Waals surface area contributed by atoms with Gasteiger partial charge in [0.1, 0.15) is 23.8 Å². The first-order valence-electron chi connectivity index (χ1n) is 12.1. The summed E-state index contributed by atoms with van der Waals surface area (Å²) in [6, 6.07) is 10.8. The minimum Gasteiger partial charge on any atom is -0.346 e. The van der Waals surface area contributed by atoms with E-state index >= 15 is 0 Å². The second-order valence-electron chi connectivity index (χ2n) is 8.35. The highest BCUT2D eigenvalue weighted by Gasteiger charge is 2.35. The van der Waals surface area contributed by atoms with Crippen molar-refractivity contribution in [2.45, 2.75) is 32.7 Å². The predicted molar refractivity (Wildman–Crippen MR) is 145 cm³/mol. The lowest BCUT2D eigenvalue weighted by Gasteiger charge is -2.30. The lowest BCUT2D eigenvalue weighted by Crippen LogP contribution is -2.33. The van der Waals surface area contributed by atoms with Gasteiger partial charge in [-0.15, -0.1) is 0 Å². The standard InChI is InChI=1S/C25H19ClFN7O.C2H6/c1-14-20-22(29-12-28-14)30-13-31-24(20)33-10-4-9-19(33)23-32-18-8-3-7-17(26)21(18)25(35)34(23)16-6-2-5-15(27)11-16;1-2/h2-3,5-8,11-13,19H,1,4,9-10H2,(H,28,29,30,31);1-2H3. The van der Waals surface area contributed by atoms with Gasteiger partial charge >= 0.3 is 0 Å². The van der Waals surface area contributed by atoms with E-state index < -0.39 is 5.82 Å². The molecule has 0 saturated carbocycles. The Morgan fingerprint density at radius 3 is 2.78 bits per heavy atom. The van der Waals surface area contributed by atoms with Crippen LogP contribution in [0.25, 0.3) is 22.3 Å². The van der Waals surface area contributed by atoms with Gasteiger partial charge in [0.25, 0.3) is 5.56 Å². The van der Waals surface area contributed by atoms with Gasteiger partial charge < -0.3 is 10.2 Å². The summed E-state index contributed by atoms with van der Waals surface area (Å²) >= 11 is 6.40. The van der Waals surface area contributed by atoms with Crippen molar-refractivity contribution in [3.8, 4) is 5.69 Å². The molecule has 2 aromatic heterocycles. The largest absolute Gasteiger partial charge is 0.346 e. The minimum absolute atomic E-state index is 0.290. The van der Waals surface area contributed by atoms with Crippen molar-refractivity contribution in [1.29, 1.82) is 0 Å². The Morgan fingerprint density at radius 2 is 1.97 bits per heavy atom. The zero-order chi connectivity index (χ0) is 26.1. The van der Waals surface area contributed by atoms with Crippen molar-refractivity contribution >= 4 is 46.2 Å². The average Bonchev–Trinajstić information content (AvgIpc) is 3.39. The maximum absolute atomic E-state index is 14.2. The van der Waals surface area contributed by atoms with Gasteiger partial charge in [-0.1, -0.05) is 44.2 Å². The number of hydrogen-bond acceptors (Lipinski definition) is 7. The number of aromatic nitrogens is 4. The van der Waals surface area contributed by atoms with Crippen molar-refractivity contribution in [2.24, 2.45) is 4.99 Å². The molecule has 2 aliphatic heterocycles. The molecule has 1 N–H and O–H groups in total. The van der Waals surface area contributed by atoms with Gasteiger partial charge in [0.05, 0.1) is 39.6 Å². The Labute approximate surface area is 218 Å². The Balaban J connectivity index is 0.00000137. The average molecular weight is 518 g/mol. The first-order chi connectivity index (χ1) is 18.0. The highest BCUT2D eigenvalue weighted by atomic mass is 35.5. The summed E-state index contributed by atoms with van der Waals surface area (Å²) in [5.41, 5.74) is 1.85. The molecule has 4 aromatic rings. The molecule has 0 aliphatic carbocycles. The summed E-state index contributed by atoms with van der Waals surface area (Å²) < 4.78 is 15.7. The van der Waals surface area contributed by atoms with Gasteiger partial charge in [-0.05, 0) is 43.2 Å². The molecule has 1 unspecified atom stereocenters. The van der Waals surface area contributed by atoms with E-state index in [4.69, 9.17) is 16.6 Å². The van der Waals surface area contributed by atoms with Crippen molar-refractivity contribution in [2.75, 3.05) is 11.4 Å². The first-order valence-corrected chi connectivity index (χ1v) is 12.5. The van der Waals surface area contributed by atoms with Gasteiger partial charge in [0, 0.05) is 12.2 Å². The van der Waals surface area contributed by atoms with Crippen LogP contribution in [0, 0.1) is 5.82 Å². The van der Waals surface area contributed by atoms with Crippen molar-refractivity contribution in [3.63, 3.8) is 0 Å². The highest BCUT2D eigenvalue weighted by Crippen LogP contribution is 2.40. The lowest BCUT2D eigenvalue weighted by atomic mass is 10.1. The molecular formula is C27H25ClFN7O. The molecule has 2 aromatic carbocycles. The number of aliphatic imine (C=N–C) groups is 1. The Hall–Kier alpha value is -4.11. The molecule has 0 spiro atoms. The molecule has 37 heavy (non-hydrogen) atoms. The normalized spacial score (nSPS) is 16.3. The number of hydrogen-bond donors (Lipinski definition) is 1. The van der Waals surface area contributed by atoms with Crippen LogP contribution in [-0.2, 0) is 0 Å². The lowest BCUT2D eigenvalue weighted by molar-refractivity contribution is 0.616. The van der Waals surface area contributed by atoms with Crippen LogP contribution in [0.1, 0.15) is 44.1 Å². The van der Waals surface area contributed by atoms with Crippen LogP contribution in [0.15, 0.2) is 65.2 Å². The Bertz CT molecular complexity index is 1600. The van der Waals surface area contributed by atoms with E-state index in [0.29, 0.717) is 51.5 Å². The molecule has 1 saturated heterocycles. The van der Waals surface area contributed by atoms with E-state index in [1.165, 1.54) is 23.0 Å². The first kappa shape index (κ1) is 24.6. The van der Waals surface area contributed by atoms with Crippen LogP contribution in [0.2, 0.25) is 5.02 Å². The molecule has 188 valence electrons. The molecule has 1 fully saturated rings. The summed E-state index contributed by atoms with van der Waals surface area (Å²) in [6.45, 7) is 8.77. The SMILES string of the molecule is C=C1NC=Nc2ncnc(N3CCCC3c3nc4cccc(Cl)c4c(=O)n3-c3cccc(F)c3)c21.CC. The molecule has 0 radical (unpaired) electrons. The molecule has 6 rings (SSSR count). The second-order valence-corrected chi connectivity index (χ2v) is 8.76. The number of rotatable bonds is 3. The third-order valence-corrected chi connectivity index (χ3v) is 6.61. The maximum atomic E-state index is 14.2. The molecule has 2 aliphatic rings. The summed E-state index contributed by atoms with van der Waals surface area (Å²) in [4.78, 5) is 33.9. The number of nitrogens with zero attached hydrogens (tertiary/aromatic N) is 6. The Morgan fingerprint density at radius 1 is 1.16 bits per heavy atom. The third-order valence-electron chi connectivity index (χ3n) is 6.30. The van der Waals surface area contributed by atoms with Gasteiger partial charge in [-0.2, -0.15) is 0 Å². The molecule has 0 bridgehead atoms. The number of anilines is 1. The fourth-order valence-corrected chi connectivity index (χ4v) is 5.03. The van der Waals surface area contributed by atoms with Gasteiger partial charge in [-0.25, -0.2) is 24.3 Å². The zero-order valence-electron chi connectivity index (χ0n) is 20.4. The second kappa shape index (κ2) is 10.1. The van der Waals surface area contributed by atoms with Crippen LogP contribution in [-0.4, -0.2) is 32.4 Å². The summed E-state index contributed by atoms with van der Waals surface area (Å²) in [7, 11) is 0. The fourth-order valence-electron chi connectivity index (χ4n) is 4.78. The summed E-state index contributed by atoms with van der Waals surface area (Å²) in [5, 5.41) is 3.61. The van der Waals surface area contributed by atoms with Gasteiger partial charge in [-0.3, -0.25) is 9.36 Å².